The fourth-order valence-electron chi connectivity index (χ4n) is 3.82. The lowest BCUT2D eigenvalue weighted by Crippen LogP contribution is -2.48. The van der Waals surface area contributed by atoms with Crippen LogP contribution in [-0.4, -0.2) is 72.7 Å². The van der Waals surface area contributed by atoms with Gasteiger partial charge in [0.1, 0.15) is 0 Å². The van der Waals surface area contributed by atoms with Crippen molar-refractivity contribution < 1.29 is 18.0 Å². The van der Waals surface area contributed by atoms with Gasteiger partial charge in [-0.25, -0.2) is 8.42 Å². The third-order valence-corrected chi connectivity index (χ3v) is 6.26. The number of sulfonamides is 1. The van der Waals surface area contributed by atoms with Crippen molar-refractivity contribution in [3.8, 4) is 11.4 Å². The molecular formula is C22H24ClN7O4S. The number of amides is 2. The van der Waals surface area contributed by atoms with Crippen LogP contribution in [0.3, 0.4) is 0 Å². The SMILES string of the molecule is CC(=O)N1CCN(c2ccnc(-c3[nH]ncc3C(=O)Nc3cc(Cl)cc(NS(C)(=O)=O)c3)c2)CC1. The van der Waals surface area contributed by atoms with E-state index in [9.17, 15) is 18.0 Å². The molecule has 0 saturated carbocycles. The Kier molecular flexibility index (Phi) is 6.94. The molecule has 0 bridgehead atoms. The van der Waals surface area contributed by atoms with Crippen LogP contribution in [0, 0.1) is 0 Å². The molecule has 11 nitrogen and oxygen atoms in total. The van der Waals surface area contributed by atoms with Crippen molar-refractivity contribution >= 4 is 50.5 Å². The minimum absolute atomic E-state index is 0.0621. The molecule has 184 valence electrons. The van der Waals surface area contributed by atoms with Crippen LogP contribution in [0.2, 0.25) is 5.02 Å². The number of aromatic amines is 1. The van der Waals surface area contributed by atoms with Crippen LogP contribution in [0.15, 0.2) is 42.7 Å². The van der Waals surface area contributed by atoms with Gasteiger partial charge in [0.05, 0.1) is 35.1 Å². The first-order chi connectivity index (χ1) is 16.6. The summed E-state index contributed by atoms with van der Waals surface area (Å²) < 4.78 is 25.4. The van der Waals surface area contributed by atoms with E-state index in [0.717, 1.165) is 11.9 Å². The van der Waals surface area contributed by atoms with Crippen molar-refractivity contribution in [2.24, 2.45) is 0 Å². The second-order valence-electron chi connectivity index (χ2n) is 8.11. The van der Waals surface area contributed by atoms with E-state index >= 15 is 0 Å². The lowest BCUT2D eigenvalue weighted by Gasteiger charge is -2.35. The summed E-state index contributed by atoms with van der Waals surface area (Å²) in [5.74, 6) is -0.407. The Morgan fingerprint density at radius 1 is 1.09 bits per heavy atom. The van der Waals surface area contributed by atoms with Gasteiger partial charge >= 0.3 is 0 Å². The number of carbonyl (C=O) groups excluding carboxylic acids is 2. The molecular weight excluding hydrogens is 494 g/mol. The third-order valence-electron chi connectivity index (χ3n) is 5.43. The van der Waals surface area contributed by atoms with Crippen LogP contribution in [0.5, 0.6) is 0 Å². The van der Waals surface area contributed by atoms with Crippen LogP contribution in [-0.2, 0) is 14.8 Å². The zero-order chi connectivity index (χ0) is 25.2. The standard InChI is InChI=1S/C22H24ClN7O4S/c1-14(31)29-5-7-30(8-6-29)18-3-4-24-20(12-18)21-19(13-25-27-21)22(32)26-16-9-15(23)10-17(11-16)28-35(2,33)34/h3-4,9-13,28H,5-8H2,1-2H3,(H,25,27)(H,26,32). The number of halogens is 1. The predicted molar refractivity (Wildman–Crippen MR) is 134 cm³/mol. The number of benzene rings is 1. The van der Waals surface area contributed by atoms with Gasteiger partial charge in [0.2, 0.25) is 15.9 Å². The van der Waals surface area contributed by atoms with Gasteiger partial charge in [0.25, 0.3) is 5.91 Å². The molecule has 1 saturated heterocycles. The van der Waals surface area contributed by atoms with Gasteiger partial charge in [-0.15, -0.1) is 0 Å². The summed E-state index contributed by atoms with van der Waals surface area (Å²) in [6.45, 7) is 4.23. The van der Waals surface area contributed by atoms with Crippen LogP contribution >= 0.6 is 11.6 Å². The zero-order valence-corrected chi connectivity index (χ0v) is 20.7. The van der Waals surface area contributed by atoms with Gasteiger partial charge in [0, 0.05) is 55.7 Å². The molecule has 2 amide bonds. The first-order valence-electron chi connectivity index (χ1n) is 10.7. The van der Waals surface area contributed by atoms with Crippen LogP contribution in [0.4, 0.5) is 17.1 Å². The summed E-state index contributed by atoms with van der Waals surface area (Å²) in [6, 6.07) is 8.15. The highest BCUT2D eigenvalue weighted by molar-refractivity contribution is 7.92. The molecule has 2 aromatic heterocycles. The zero-order valence-electron chi connectivity index (χ0n) is 19.1. The minimum atomic E-state index is -3.51. The maximum Gasteiger partial charge on any atom is 0.259 e. The smallest absolute Gasteiger partial charge is 0.259 e. The third kappa shape index (κ3) is 6.08. The molecule has 0 aliphatic carbocycles. The van der Waals surface area contributed by atoms with Crippen LogP contribution in [0.25, 0.3) is 11.4 Å². The quantitative estimate of drug-likeness (QED) is 0.456. The normalized spacial score (nSPS) is 14.0. The number of anilines is 3. The number of hydrogen-bond donors (Lipinski definition) is 3. The summed E-state index contributed by atoms with van der Waals surface area (Å²) in [5, 5.41) is 9.82. The number of H-pyrrole nitrogens is 1. The highest BCUT2D eigenvalue weighted by atomic mass is 35.5. The predicted octanol–water partition coefficient (Wildman–Crippen LogP) is 2.42. The Labute approximate surface area is 207 Å². The number of nitrogens with one attached hydrogen (secondary N) is 3. The van der Waals surface area contributed by atoms with Gasteiger partial charge < -0.3 is 15.1 Å². The molecule has 3 heterocycles. The van der Waals surface area contributed by atoms with Crippen molar-refractivity contribution in [2.45, 2.75) is 6.92 Å². The van der Waals surface area contributed by atoms with E-state index in [4.69, 9.17) is 11.6 Å². The number of nitrogens with zero attached hydrogens (tertiary/aromatic N) is 4. The second-order valence-corrected chi connectivity index (χ2v) is 10.3. The van der Waals surface area contributed by atoms with Gasteiger partial charge in [-0.3, -0.25) is 24.4 Å². The Bertz CT molecular complexity index is 1370. The molecule has 13 heteroatoms. The van der Waals surface area contributed by atoms with Crippen molar-refractivity contribution in [1.82, 2.24) is 20.1 Å². The number of pyridine rings is 1. The lowest BCUT2D eigenvalue weighted by atomic mass is 10.1. The Hall–Kier alpha value is -3.64. The molecule has 3 N–H and O–H groups in total. The maximum atomic E-state index is 13.0. The number of carbonyl (C=O) groups is 2. The molecule has 1 fully saturated rings. The Morgan fingerprint density at radius 2 is 1.80 bits per heavy atom. The van der Waals surface area contributed by atoms with E-state index in [1.807, 2.05) is 17.0 Å². The van der Waals surface area contributed by atoms with E-state index in [-0.39, 0.29) is 22.2 Å². The number of aromatic nitrogens is 3. The summed E-state index contributed by atoms with van der Waals surface area (Å²) in [7, 11) is -3.51. The van der Waals surface area contributed by atoms with E-state index in [2.05, 4.69) is 30.1 Å². The Balaban J connectivity index is 1.53. The van der Waals surface area contributed by atoms with Crippen molar-refractivity contribution in [3.05, 3.63) is 53.3 Å². The van der Waals surface area contributed by atoms with Gasteiger partial charge in [0.15, 0.2) is 0 Å². The largest absolute Gasteiger partial charge is 0.368 e. The molecule has 0 atom stereocenters. The molecule has 35 heavy (non-hydrogen) atoms. The van der Waals surface area contributed by atoms with Crippen LogP contribution in [0.1, 0.15) is 17.3 Å². The molecule has 0 unspecified atom stereocenters. The second kappa shape index (κ2) is 9.92. The van der Waals surface area contributed by atoms with Crippen molar-refractivity contribution in [2.75, 3.05) is 47.4 Å². The highest BCUT2D eigenvalue weighted by Crippen LogP contribution is 2.27. The molecule has 0 spiro atoms. The average molecular weight is 518 g/mol. The monoisotopic (exact) mass is 517 g/mol. The molecule has 4 rings (SSSR count). The molecule has 1 aliphatic heterocycles. The Morgan fingerprint density at radius 3 is 2.49 bits per heavy atom. The van der Waals surface area contributed by atoms with E-state index < -0.39 is 15.9 Å². The van der Waals surface area contributed by atoms with Crippen LogP contribution < -0.4 is 14.9 Å². The molecule has 1 aliphatic rings. The maximum absolute atomic E-state index is 13.0. The van der Waals surface area contributed by atoms with Gasteiger partial charge in [-0.2, -0.15) is 5.10 Å². The molecule has 1 aromatic carbocycles. The fourth-order valence-corrected chi connectivity index (χ4v) is 4.60. The summed E-state index contributed by atoms with van der Waals surface area (Å²) in [6.07, 6.45) is 4.07. The van der Waals surface area contributed by atoms with Gasteiger partial charge in [-0.05, 0) is 30.3 Å². The first kappa shape index (κ1) is 24.5. The summed E-state index contributed by atoms with van der Waals surface area (Å²) in [5.41, 5.74) is 2.68. The topological polar surface area (TPSA) is 140 Å². The highest BCUT2D eigenvalue weighted by Gasteiger charge is 2.21. The molecule has 3 aromatic rings. The van der Waals surface area contributed by atoms with Crippen molar-refractivity contribution in [1.29, 1.82) is 0 Å². The number of hydrogen-bond acceptors (Lipinski definition) is 7. The van der Waals surface area contributed by atoms with Crippen molar-refractivity contribution in [3.63, 3.8) is 0 Å². The average Bonchev–Trinajstić information content (AvgIpc) is 3.28. The summed E-state index contributed by atoms with van der Waals surface area (Å²) >= 11 is 6.09. The van der Waals surface area contributed by atoms with E-state index in [1.165, 1.54) is 24.4 Å². The number of rotatable bonds is 6. The lowest BCUT2D eigenvalue weighted by molar-refractivity contribution is -0.129. The molecule has 0 radical (unpaired) electrons. The summed E-state index contributed by atoms with van der Waals surface area (Å²) in [4.78, 5) is 33.0. The first-order valence-corrected chi connectivity index (χ1v) is 13.0. The fraction of sp³-hybridized carbons (Fsp3) is 0.273. The van der Waals surface area contributed by atoms with E-state index in [0.29, 0.717) is 43.3 Å². The number of piperazine rings is 1. The minimum Gasteiger partial charge on any atom is -0.368 e. The van der Waals surface area contributed by atoms with E-state index in [1.54, 1.807) is 13.1 Å². The van der Waals surface area contributed by atoms with Gasteiger partial charge in [-0.1, -0.05) is 11.6 Å².